The van der Waals surface area contributed by atoms with Crippen LogP contribution in [0.4, 0.5) is 5.69 Å². The van der Waals surface area contributed by atoms with Gasteiger partial charge in [0.15, 0.2) is 0 Å². The molecule has 1 heterocycles. The lowest BCUT2D eigenvalue weighted by molar-refractivity contribution is 0.168. The molecule has 2 heteroatoms. The lowest BCUT2D eigenvalue weighted by atomic mass is 9.86. The summed E-state index contributed by atoms with van der Waals surface area (Å²) < 4.78 is 0. The van der Waals surface area contributed by atoms with Crippen LogP contribution < -0.4 is 4.90 Å². The molecule has 0 radical (unpaired) electrons. The number of benzene rings is 1. The minimum atomic E-state index is -0.276. The molecule has 1 N–H and O–H groups in total. The van der Waals surface area contributed by atoms with Gasteiger partial charge in [-0.3, -0.25) is 0 Å². The molecule has 19 heavy (non-hydrogen) atoms. The normalized spacial score (nSPS) is 31.7. The van der Waals surface area contributed by atoms with E-state index in [2.05, 4.69) is 36.1 Å². The Morgan fingerprint density at radius 2 is 1.95 bits per heavy atom. The molecule has 2 nitrogen and oxygen atoms in total. The Morgan fingerprint density at radius 3 is 2.79 bits per heavy atom. The summed E-state index contributed by atoms with van der Waals surface area (Å²) >= 11 is 0. The lowest BCUT2D eigenvalue weighted by Gasteiger charge is -2.38. The molecule has 0 spiro atoms. The minimum Gasteiger partial charge on any atom is -0.388 e. The second-order valence-corrected chi connectivity index (χ2v) is 6.34. The lowest BCUT2D eigenvalue weighted by Crippen LogP contribution is -2.39. The van der Waals surface area contributed by atoms with Crippen molar-refractivity contribution in [1.82, 2.24) is 0 Å². The number of aliphatic hydroxyl groups excluding tert-OH is 1. The van der Waals surface area contributed by atoms with E-state index in [9.17, 15) is 5.11 Å². The fourth-order valence-electron chi connectivity index (χ4n) is 3.83. The molecule has 1 aliphatic heterocycles. The van der Waals surface area contributed by atoms with Crippen molar-refractivity contribution in [2.45, 2.75) is 57.6 Å². The monoisotopic (exact) mass is 259 g/mol. The van der Waals surface area contributed by atoms with Gasteiger partial charge in [-0.25, -0.2) is 0 Å². The van der Waals surface area contributed by atoms with Crippen LogP contribution >= 0.6 is 0 Å². The molecule has 2 aliphatic rings. The van der Waals surface area contributed by atoms with Crippen LogP contribution in [0.3, 0.4) is 0 Å². The Kier molecular flexibility index (Phi) is 3.79. The van der Waals surface area contributed by atoms with Gasteiger partial charge in [0.1, 0.15) is 0 Å². The third kappa shape index (κ3) is 2.64. The van der Waals surface area contributed by atoms with E-state index < -0.39 is 0 Å². The van der Waals surface area contributed by atoms with Crippen LogP contribution in [-0.2, 0) is 0 Å². The largest absolute Gasteiger partial charge is 0.388 e. The van der Waals surface area contributed by atoms with E-state index in [1.807, 2.05) is 0 Å². The Balaban J connectivity index is 1.90. The van der Waals surface area contributed by atoms with Crippen molar-refractivity contribution in [1.29, 1.82) is 0 Å². The third-order valence-electron chi connectivity index (χ3n) is 4.83. The molecule has 1 aliphatic carbocycles. The molecule has 0 amide bonds. The van der Waals surface area contributed by atoms with Gasteiger partial charge in [0, 0.05) is 23.8 Å². The summed E-state index contributed by atoms with van der Waals surface area (Å²) in [6.07, 6.45) is 7.08. The first-order chi connectivity index (χ1) is 9.25. The van der Waals surface area contributed by atoms with E-state index >= 15 is 0 Å². The van der Waals surface area contributed by atoms with Crippen LogP contribution in [0, 0.1) is 5.92 Å². The number of hydrogen-bond donors (Lipinski definition) is 1. The van der Waals surface area contributed by atoms with Gasteiger partial charge in [-0.1, -0.05) is 38.0 Å². The molecule has 1 fully saturated rings. The van der Waals surface area contributed by atoms with Crippen molar-refractivity contribution in [3.8, 4) is 0 Å². The van der Waals surface area contributed by atoms with E-state index in [0.29, 0.717) is 6.04 Å². The number of para-hydroxylation sites is 1. The first-order valence-electron chi connectivity index (χ1n) is 7.79. The summed E-state index contributed by atoms with van der Waals surface area (Å²) in [6.45, 7) is 3.48. The van der Waals surface area contributed by atoms with E-state index in [1.165, 1.54) is 31.4 Å². The Hall–Kier alpha value is -1.02. The van der Waals surface area contributed by atoms with Gasteiger partial charge in [0.2, 0.25) is 0 Å². The summed E-state index contributed by atoms with van der Waals surface area (Å²) in [5, 5.41) is 10.3. The quantitative estimate of drug-likeness (QED) is 0.827. The summed E-state index contributed by atoms with van der Waals surface area (Å²) in [4.78, 5) is 2.58. The van der Waals surface area contributed by atoms with Crippen molar-refractivity contribution in [2.75, 3.05) is 11.4 Å². The highest BCUT2D eigenvalue weighted by molar-refractivity contribution is 5.56. The second-order valence-electron chi connectivity index (χ2n) is 6.34. The maximum atomic E-state index is 10.3. The first-order valence-corrected chi connectivity index (χ1v) is 7.79. The van der Waals surface area contributed by atoms with Gasteiger partial charge in [-0.05, 0) is 37.7 Å². The SMILES string of the molecule is CC1CCCC(N2CCCC(O)c3ccccc32)C1. The molecule has 3 atom stereocenters. The summed E-state index contributed by atoms with van der Waals surface area (Å²) in [5.41, 5.74) is 2.42. The van der Waals surface area contributed by atoms with Crippen molar-refractivity contribution < 1.29 is 5.11 Å². The predicted molar refractivity (Wildman–Crippen MR) is 79.4 cm³/mol. The number of aliphatic hydroxyl groups is 1. The average molecular weight is 259 g/mol. The molecule has 1 saturated carbocycles. The zero-order chi connectivity index (χ0) is 13.2. The van der Waals surface area contributed by atoms with Gasteiger partial charge in [-0.2, -0.15) is 0 Å². The zero-order valence-electron chi connectivity index (χ0n) is 11.9. The molecule has 1 aromatic rings. The van der Waals surface area contributed by atoms with Gasteiger partial charge in [-0.15, -0.1) is 0 Å². The number of fused-ring (bicyclic) bond motifs is 1. The second kappa shape index (κ2) is 5.54. The fraction of sp³-hybridized carbons (Fsp3) is 0.647. The summed E-state index contributed by atoms with van der Waals surface area (Å²) in [6, 6.07) is 9.13. The topological polar surface area (TPSA) is 23.5 Å². The van der Waals surface area contributed by atoms with Gasteiger partial charge < -0.3 is 10.0 Å². The van der Waals surface area contributed by atoms with Crippen LogP contribution in [0.2, 0.25) is 0 Å². The van der Waals surface area contributed by atoms with Crippen LogP contribution in [0.15, 0.2) is 24.3 Å². The van der Waals surface area contributed by atoms with Crippen molar-refractivity contribution in [2.24, 2.45) is 5.92 Å². The van der Waals surface area contributed by atoms with Gasteiger partial charge in [0.25, 0.3) is 0 Å². The van der Waals surface area contributed by atoms with Crippen molar-refractivity contribution in [3.63, 3.8) is 0 Å². The van der Waals surface area contributed by atoms with E-state index in [-0.39, 0.29) is 6.10 Å². The molecule has 0 saturated heterocycles. The Morgan fingerprint density at radius 1 is 1.11 bits per heavy atom. The summed E-state index contributed by atoms with van der Waals surface area (Å²) in [5.74, 6) is 0.846. The fourth-order valence-corrected chi connectivity index (χ4v) is 3.83. The average Bonchev–Trinajstić information content (AvgIpc) is 2.59. The molecule has 0 bridgehead atoms. The highest BCUT2D eigenvalue weighted by Gasteiger charge is 2.29. The molecular weight excluding hydrogens is 234 g/mol. The van der Waals surface area contributed by atoms with Crippen LogP contribution in [0.25, 0.3) is 0 Å². The molecule has 3 unspecified atom stereocenters. The molecule has 3 rings (SSSR count). The number of hydrogen-bond acceptors (Lipinski definition) is 2. The zero-order valence-corrected chi connectivity index (χ0v) is 11.9. The number of nitrogens with zero attached hydrogens (tertiary/aromatic N) is 1. The Bertz CT molecular complexity index is 431. The minimum absolute atomic E-state index is 0.276. The van der Waals surface area contributed by atoms with Crippen molar-refractivity contribution >= 4 is 5.69 Å². The smallest absolute Gasteiger partial charge is 0.0810 e. The number of rotatable bonds is 1. The molecule has 1 aromatic carbocycles. The van der Waals surface area contributed by atoms with Crippen molar-refractivity contribution in [3.05, 3.63) is 29.8 Å². The highest BCUT2D eigenvalue weighted by atomic mass is 16.3. The van der Waals surface area contributed by atoms with E-state index in [4.69, 9.17) is 0 Å². The maximum absolute atomic E-state index is 10.3. The van der Waals surface area contributed by atoms with Crippen LogP contribution in [0.5, 0.6) is 0 Å². The molecule has 0 aromatic heterocycles. The van der Waals surface area contributed by atoms with Crippen LogP contribution in [0.1, 0.15) is 57.1 Å². The maximum Gasteiger partial charge on any atom is 0.0810 e. The predicted octanol–water partition coefficient (Wildman–Crippen LogP) is 3.90. The van der Waals surface area contributed by atoms with E-state index in [0.717, 1.165) is 30.9 Å². The third-order valence-corrected chi connectivity index (χ3v) is 4.83. The van der Waals surface area contributed by atoms with Crippen LogP contribution in [-0.4, -0.2) is 17.7 Å². The number of anilines is 1. The summed E-state index contributed by atoms with van der Waals surface area (Å²) in [7, 11) is 0. The first kappa shape index (κ1) is 13.0. The molecule has 104 valence electrons. The van der Waals surface area contributed by atoms with Gasteiger partial charge in [0.05, 0.1) is 6.10 Å². The molecular formula is C17H25NO. The van der Waals surface area contributed by atoms with Gasteiger partial charge >= 0.3 is 0 Å². The Labute approximate surface area is 116 Å². The highest BCUT2D eigenvalue weighted by Crippen LogP contribution is 2.37. The standard InChI is InChI=1S/C17H25NO/c1-13-6-4-7-14(12-13)18-11-5-10-17(19)15-8-2-3-9-16(15)18/h2-3,8-9,13-14,17,19H,4-7,10-12H2,1H3. The van der Waals surface area contributed by atoms with E-state index in [1.54, 1.807) is 0 Å².